The molecule has 11 heteroatoms. The molecule has 2 fully saturated rings. The smallest absolute Gasteiger partial charge is 0.241 e. The number of fused-ring (bicyclic) bond motifs is 5. The summed E-state index contributed by atoms with van der Waals surface area (Å²) in [6, 6.07) is 5.87. The number of benzene rings is 1. The van der Waals surface area contributed by atoms with Gasteiger partial charge in [0.2, 0.25) is 11.8 Å². The highest BCUT2D eigenvalue weighted by Crippen LogP contribution is 2.52. The highest BCUT2D eigenvalue weighted by Gasteiger charge is 2.67. The number of anilines is 1. The summed E-state index contributed by atoms with van der Waals surface area (Å²) in [5, 5.41) is 29.1. The molecule has 4 rings (SSSR count). The van der Waals surface area contributed by atoms with Gasteiger partial charge >= 0.3 is 0 Å². The lowest BCUT2D eigenvalue weighted by molar-refractivity contribution is -0.132. The number of phenols is 1. The van der Waals surface area contributed by atoms with E-state index in [9.17, 15) is 24.9 Å². The Morgan fingerprint density at radius 3 is 2.32 bits per heavy atom. The molecular formula is C23H29NO10. The second-order valence-corrected chi connectivity index (χ2v) is 8.57. The van der Waals surface area contributed by atoms with Gasteiger partial charge in [0.1, 0.15) is 30.4 Å². The van der Waals surface area contributed by atoms with Crippen LogP contribution in [0.25, 0.3) is 0 Å². The molecule has 1 aromatic rings. The minimum absolute atomic E-state index is 0.0135. The molecule has 3 heterocycles. The number of ether oxygens (including phenoxy) is 5. The maximum Gasteiger partial charge on any atom is 0.241 e. The zero-order valence-electron chi connectivity index (χ0n) is 18.7. The van der Waals surface area contributed by atoms with E-state index < -0.39 is 35.7 Å². The summed E-state index contributed by atoms with van der Waals surface area (Å²) in [4.78, 5) is 27.4. The van der Waals surface area contributed by atoms with Gasteiger partial charge in [-0.1, -0.05) is 12.2 Å². The number of hydrogen-bond acceptors (Lipinski definition) is 10. The van der Waals surface area contributed by atoms with Gasteiger partial charge in [0.25, 0.3) is 0 Å². The topological polar surface area (TPSA) is 144 Å². The third kappa shape index (κ3) is 4.86. The third-order valence-electron chi connectivity index (χ3n) is 6.05. The number of aromatic hydroxyl groups is 1. The molecule has 0 spiro atoms. The minimum Gasteiger partial charge on any atom is -0.508 e. The number of imide groups is 1. The van der Waals surface area contributed by atoms with Gasteiger partial charge in [0.05, 0.1) is 56.7 Å². The fraction of sp³-hybridized carbons (Fsp3) is 0.565. The van der Waals surface area contributed by atoms with Crippen molar-refractivity contribution in [3.8, 4) is 5.75 Å². The van der Waals surface area contributed by atoms with E-state index in [0.29, 0.717) is 5.69 Å². The van der Waals surface area contributed by atoms with Crippen LogP contribution in [0.2, 0.25) is 0 Å². The predicted molar refractivity (Wildman–Crippen MR) is 116 cm³/mol. The quantitative estimate of drug-likeness (QED) is 0.148. The number of carbonyl (C=O) groups excluding carboxylic acids is 2. The molecule has 6 unspecified atom stereocenters. The molecule has 0 radical (unpaired) electrons. The Morgan fingerprint density at radius 1 is 1.00 bits per heavy atom. The van der Waals surface area contributed by atoms with Crippen molar-refractivity contribution in [3.05, 3.63) is 36.4 Å². The maximum atomic E-state index is 13.2. The molecule has 3 aliphatic heterocycles. The van der Waals surface area contributed by atoms with Crippen LogP contribution in [0.3, 0.4) is 0 Å². The summed E-state index contributed by atoms with van der Waals surface area (Å²) < 4.78 is 26.8. The molecule has 6 atom stereocenters. The molecular weight excluding hydrogens is 450 g/mol. The summed E-state index contributed by atoms with van der Waals surface area (Å²) in [6.45, 7) is -0.0481. The van der Waals surface area contributed by atoms with Crippen molar-refractivity contribution < 1.29 is 48.6 Å². The highest BCUT2D eigenvalue weighted by molar-refractivity contribution is 6.23. The summed E-state index contributed by atoms with van der Waals surface area (Å²) >= 11 is 0. The predicted octanol–water partition coefficient (Wildman–Crippen LogP) is -0.419. The normalized spacial score (nSPS) is 29.1. The van der Waals surface area contributed by atoms with Gasteiger partial charge in [-0.15, -0.1) is 0 Å². The zero-order valence-corrected chi connectivity index (χ0v) is 18.7. The van der Waals surface area contributed by atoms with Crippen molar-refractivity contribution >= 4 is 17.5 Å². The molecule has 3 aliphatic rings. The average molecular weight is 479 g/mol. The van der Waals surface area contributed by atoms with Gasteiger partial charge in [0.15, 0.2) is 0 Å². The van der Waals surface area contributed by atoms with Gasteiger partial charge < -0.3 is 39.0 Å². The van der Waals surface area contributed by atoms with Crippen LogP contribution >= 0.6 is 0 Å². The monoisotopic (exact) mass is 479 g/mol. The molecule has 186 valence electrons. The van der Waals surface area contributed by atoms with Gasteiger partial charge in [-0.3, -0.25) is 9.59 Å². The van der Waals surface area contributed by atoms with E-state index >= 15 is 0 Å². The summed E-state index contributed by atoms with van der Waals surface area (Å²) in [5.41, 5.74) is -0.697. The molecule has 11 nitrogen and oxygen atoms in total. The van der Waals surface area contributed by atoms with Crippen LogP contribution < -0.4 is 4.90 Å². The minimum atomic E-state index is -1.09. The number of methoxy groups -OCH3 is 1. The standard InChI is InChI=1S/C23H29NO10/c1-30-8-16(26)10-32-13-33-11-17(27)9-31-12-23-7-6-18(34-23)19-20(23)22(29)24(21(19)28)14-2-4-15(25)5-3-14/h2-7,16-20,25-27H,8-13H2,1H3. The summed E-state index contributed by atoms with van der Waals surface area (Å²) in [6.07, 6.45) is 1.30. The van der Waals surface area contributed by atoms with Crippen molar-refractivity contribution in [2.24, 2.45) is 11.8 Å². The number of nitrogens with zero attached hydrogens (tertiary/aromatic N) is 1. The lowest BCUT2D eigenvalue weighted by Gasteiger charge is -2.29. The van der Waals surface area contributed by atoms with E-state index in [-0.39, 0.29) is 57.4 Å². The van der Waals surface area contributed by atoms with Gasteiger partial charge in [-0.2, -0.15) is 0 Å². The molecule has 0 aromatic heterocycles. The summed E-state index contributed by atoms with van der Waals surface area (Å²) in [7, 11) is 1.47. The zero-order chi connectivity index (χ0) is 24.3. The van der Waals surface area contributed by atoms with E-state index in [1.54, 1.807) is 12.2 Å². The second kappa shape index (κ2) is 10.5. The first-order chi connectivity index (χ1) is 16.4. The van der Waals surface area contributed by atoms with E-state index in [4.69, 9.17) is 23.7 Å². The Morgan fingerprint density at radius 2 is 1.65 bits per heavy atom. The Labute approximate surface area is 196 Å². The van der Waals surface area contributed by atoms with Crippen molar-refractivity contribution in [3.63, 3.8) is 0 Å². The lowest BCUT2D eigenvalue weighted by Crippen LogP contribution is -2.44. The molecule has 2 bridgehead atoms. The number of carbonyl (C=O) groups is 2. The number of phenolic OH excluding ortho intramolecular Hbond substituents is 1. The Balaban J connectivity index is 1.27. The van der Waals surface area contributed by atoms with Gasteiger partial charge in [0, 0.05) is 7.11 Å². The molecule has 2 saturated heterocycles. The van der Waals surface area contributed by atoms with Crippen molar-refractivity contribution in [2.45, 2.75) is 23.9 Å². The third-order valence-corrected chi connectivity index (χ3v) is 6.05. The first-order valence-electron chi connectivity index (χ1n) is 11.0. The van der Waals surface area contributed by atoms with E-state index in [1.165, 1.54) is 31.4 Å². The Hall–Kier alpha value is -2.38. The Kier molecular flexibility index (Phi) is 7.63. The molecule has 0 saturated carbocycles. The number of amides is 2. The van der Waals surface area contributed by atoms with Crippen molar-refractivity contribution in [2.75, 3.05) is 51.8 Å². The molecule has 34 heavy (non-hydrogen) atoms. The van der Waals surface area contributed by atoms with E-state index in [0.717, 1.165) is 4.90 Å². The average Bonchev–Trinajstić information content (AvgIpc) is 3.44. The number of aliphatic hydroxyl groups excluding tert-OH is 2. The number of rotatable bonds is 13. The number of aliphatic hydroxyl groups is 2. The van der Waals surface area contributed by atoms with Crippen LogP contribution in [0.4, 0.5) is 5.69 Å². The van der Waals surface area contributed by atoms with Crippen molar-refractivity contribution in [1.29, 1.82) is 0 Å². The second-order valence-electron chi connectivity index (χ2n) is 8.57. The molecule has 1 aromatic carbocycles. The fourth-order valence-corrected chi connectivity index (χ4v) is 4.59. The molecule has 3 N–H and O–H groups in total. The lowest BCUT2D eigenvalue weighted by atomic mass is 9.77. The van der Waals surface area contributed by atoms with E-state index in [2.05, 4.69) is 0 Å². The highest BCUT2D eigenvalue weighted by atomic mass is 16.7. The SMILES string of the molecule is COCC(O)COCOCC(O)COCC12C=CC(O1)C1C(=O)N(c3ccc(O)cc3)C(=O)C12. The van der Waals surface area contributed by atoms with Gasteiger partial charge in [-0.05, 0) is 24.3 Å². The first-order valence-corrected chi connectivity index (χ1v) is 11.0. The summed E-state index contributed by atoms with van der Waals surface area (Å²) in [5.74, 6) is -2.07. The Bertz CT molecular complexity index is 906. The maximum absolute atomic E-state index is 13.2. The van der Waals surface area contributed by atoms with Crippen LogP contribution in [0.5, 0.6) is 5.75 Å². The fourth-order valence-electron chi connectivity index (χ4n) is 4.59. The van der Waals surface area contributed by atoms with Crippen LogP contribution in [-0.4, -0.2) is 98.0 Å². The van der Waals surface area contributed by atoms with Gasteiger partial charge in [-0.25, -0.2) is 4.90 Å². The largest absolute Gasteiger partial charge is 0.508 e. The van der Waals surface area contributed by atoms with E-state index in [1.807, 2.05) is 0 Å². The molecule has 2 amide bonds. The molecule has 0 aliphatic carbocycles. The van der Waals surface area contributed by atoms with Crippen LogP contribution in [0.1, 0.15) is 0 Å². The van der Waals surface area contributed by atoms with Crippen LogP contribution in [-0.2, 0) is 33.3 Å². The number of hydrogen-bond donors (Lipinski definition) is 3. The first kappa shape index (κ1) is 24.7. The van der Waals surface area contributed by atoms with Crippen LogP contribution in [0, 0.1) is 11.8 Å². The van der Waals surface area contributed by atoms with Crippen molar-refractivity contribution in [1.82, 2.24) is 0 Å². The van der Waals surface area contributed by atoms with Crippen LogP contribution in [0.15, 0.2) is 36.4 Å².